The van der Waals surface area contributed by atoms with Crippen LogP contribution in [0.1, 0.15) is 53.0 Å². The third-order valence-corrected chi connectivity index (χ3v) is 4.03. The van der Waals surface area contributed by atoms with Gasteiger partial charge in [-0.25, -0.2) is 4.98 Å². The zero-order valence-electron chi connectivity index (χ0n) is 12.5. The van der Waals surface area contributed by atoms with Crippen LogP contribution in [0.5, 0.6) is 0 Å². The first-order valence-corrected chi connectivity index (χ1v) is 6.65. The van der Waals surface area contributed by atoms with E-state index in [-0.39, 0.29) is 5.92 Å². The third-order valence-electron chi connectivity index (χ3n) is 4.03. The van der Waals surface area contributed by atoms with Gasteiger partial charge in [0.15, 0.2) is 0 Å². The molecule has 1 saturated heterocycles. The molecule has 0 unspecified atom stereocenters. The minimum Gasteiger partial charge on any atom is -0.399 e. The van der Waals surface area contributed by atoms with Crippen LogP contribution in [0.3, 0.4) is 0 Å². The molecule has 5 heteroatoms. The number of rotatable bonds is 2. The van der Waals surface area contributed by atoms with Gasteiger partial charge in [0.1, 0.15) is 0 Å². The highest BCUT2D eigenvalue weighted by atomic mass is 19.1. The van der Waals surface area contributed by atoms with Gasteiger partial charge in [-0.3, -0.25) is 0 Å². The minimum atomic E-state index is -0.490. The maximum Gasteiger partial charge on any atom is 0.496 e. The smallest absolute Gasteiger partial charge is 0.399 e. The number of hydrogen-bond acceptors (Lipinski definition) is 3. The van der Waals surface area contributed by atoms with Crippen molar-refractivity contribution in [2.75, 3.05) is 0 Å². The zero-order valence-corrected chi connectivity index (χ0v) is 12.5. The standard InChI is InChI=1S/C14H21BFNO2/c1-9(2)11-7-10(8-17-12(11)16)15-18-13(3,4)14(5,6)19-15/h7-9H,1-6H3. The predicted octanol–water partition coefficient (Wildman–Crippen LogP) is 2.64. The molecule has 0 aromatic carbocycles. The maximum atomic E-state index is 13.6. The van der Waals surface area contributed by atoms with Crippen molar-refractivity contribution >= 4 is 12.6 Å². The summed E-state index contributed by atoms with van der Waals surface area (Å²) in [4.78, 5) is 3.81. The van der Waals surface area contributed by atoms with Gasteiger partial charge < -0.3 is 9.31 Å². The summed E-state index contributed by atoms with van der Waals surface area (Å²) in [6.45, 7) is 11.9. The molecule has 0 amide bonds. The summed E-state index contributed by atoms with van der Waals surface area (Å²) in [5.41, 5.74) is 0.560. The lowest BCUT2D eigenvalue weighted by Crippen LogP contribution is -2.41. The van der Waals surface area contributed by atoms with E-state index < -0.39 is 24.3 Å². The molecule has 2 rings (SSSR count). The zero-order chi connectivity index (χ0) is 14.4. The lowest BCUT2D eigenvalue weighted by atomic mass is 9.79. The summed E-state index contributed by atoms with van der Waals surface area (Å²) >= 11 is 0. The topological polar surface area (TPSA) is 31.4 Å². The van der Waals surface area contributed by atoms with Crippen LogP contribution in [-0.4, -0.2) is 23.3 Å². The Morgan fingerprint density at radius 3 is 2.16 bits per heavy atom. The monoisotopic (exact) mass is 265 g/mol. The van der Waals surface area contributed by atoms with Crippen molar-refractivity contribution in [1.82, 2.24) is 4.98 Å². The van der Waals surface area contributed by atoms with E-state index in [1.807, 2.05) is 41.5 Å². The van der Waals surface area contributed by atoms with E-state index in [9.17, 15) is 4.39 Å². The molecule has 1 aromatic heterocycles. The fourth-order valence-corrected chi connectivity index (χ4v) is 2.00. The van der Waals surface area contributed by atoms with E-state index in [1.54, 1.807) is 6.07 Å². The summed E-state index contributed by atoms with van der Waals surface area (Å²) in [7, 11) is -0.490. The van der Waals surface area contributed by atoms with E-state index in [4.69, 9.17) is 9.31 Å². The second-order valence-electron chi connectivity index (χ2n) is 6.39. The first-order chi connectivity index (χ1) is 8.64. The Balaban J connectivity index is 2.32. The van der Waals surface area contributed by atoms with Crippen molar-refractivity contribution in [1.29, 1.82) is 0 Å². The molecule has 0 radical (unpaired) electrons. The molecule has 3 nitrogen and oxygen atoms in total. The molecule has 1 fully saturated rings. The average molecular weight is 265 g/mol. The quantitative estimate of drug-likeness (QED) is 0.608. The van der Waals surface area contributed by atoms with Gasteiger partial charge in [0.25, 0.3) is 0 Å². The SMILES string of the molecule is CC(C)c1cc(B2OC(C)(C)C(C)(C)O2)cnc1F. The summed E-state index contributed by atoms with van der Waals surface area (Å²) in [6.07, 6.45) is 1.49. The van der Waals surface area contributed by atoms with Gasteiger partial charge in [-0.2, -0.15) is 4.39 Å². The average Bonchev–Trinajstić information content (AvgIpc) is 2.48. The summed E-state index contributed by atoms with van der Waals surface area (Å²) in [5.74, 6) is -0.342. The van der Waals surface area contributed by atoms with Crippen LogP contribution < -0.4 is 5.46 Å². The van der Waals surface area contributed by atoms with E-state index in [1.165, 1.54) is 6.20 Å². The predicted molar refractivity (Wildman–Crippen MR) is 74.0 cm³/mol. The molecule has 0 saturated carbocycles. The largest absolute Gasteiger partial charge is 0.496 e. The molecule has 0 aliphatic carbocycles. The van der Waals surface area contributed by atoms with Crippen molar-refractivity contribution in [3.63, 3.8) is 0 Å². The Morgan fingerprint density at radius 1 is 1.16 bits per heavy atom. The molecule has 1 aliphatic heterocycles. The molecule has 104 valence electrons. The Bertz CT molecular complexity index is 472. The molecule has 0 bridgehead atoms. The van der Waals surface area contributed by atoms with Crippen LogP contribution in [0.2, 0.25) is 0 Å². The van der Waals surface area contributed by atoms with Gasteiger partial charge in [-0.05, 0) is 33.6 Å². The molecule has 0 N–H and O–H groups in total. The van der Waals surface area contributed by atoms with Crippen molar-refractivity contribution in [2.24, 2.45) is 0 Å². The second kappa shape index (κ2) is 4.56. The molecule has 1 aromatic rings. The number of pyridine rings is 1. The van der Waals surface area contributed by atoms with Crippen molar-refractivity contribution in [2.45, 2.75) is 58.7 Å². The van der Waals surface area contributed by atoms with Crippen LogP contribution in [0, 0.1) is 5.95 Å². The van der Waals surface area contributed by atoms with Crippen LogP contribution in [0.15, 0.2) is 12.3 Å². The lowest BCUT2D eigenvalue weighted by molar-refractivity contribution is 0.00578. The highest BCUT2D eigenvalue weighted by molar-refractivity contribution is 6.62. The van der Waals surface area contributed by atoms with Gasteiger partial charge in [-0.15, -0.1) is 0 Å². The van der Waals surface area contributed by atoms with Crippen molar-refractivity contribution in [3.05, 3.63) is 23.8 Å². The Morgan fingerprint density at radius 2 is 1.68 bits per heavy atom. The summed E-state index contributed by atoms with van der Waals surface area (Å²) in [5, 5.41) is 0. The van der Waals surface area contributed by atoms with Gasteiger partial charge in [0.05, 0.1) is 11.2 Å². The highest BCUT2D eigenvalue weighted by Gasteiger charge is 2.51. The van der Waals surface area contributed by atoms with Crippen molar-refractivity contribution < 1.29 is 13.7 Å². The second-order valence-corrected chi connectivity index (χ2v) is 6.39. The van der Waals surface area contributed by atoms with Gasteiger partial charge in [-0.1, -0.05) is 19.9 Å². The van der Waals surface area contributed by atoms with E-state index in [2.05, 4.69) is 4.98 Å². The molecule has 0 atom stereocenters. The van der Waals surface area contributed by atoms with Crippen LogP contribution in [0.4, 0.5) is 4.39 Å². The normalized spacial score (nSPS) is 21.2. The Labute approximate surface area is 114 Å². The van der Waals surface area contributed by atoms with E-state index in [0.717, 1.165) is 5.46 Å². The minimum absolute atomic E-state index is 0.0786. The maximum absolute atomic E-state index is 13.6. The fraction of sp³-hybridized carbons (Fsp3) is 0.643. The molecule has 0 spiro atoms. The molecule has 1 aliphatic rings. The van der Waals surface area contributed by atoms with Gasteiger partial charge in [0.2, 0.25) is 5.95 Å². The number of halogens is 1. The Hall–Kier alpha value is -0.935. The van der Waals surface area contributed by atoms with E-state index in [0.29, 0.717) is 5.56 Å². The Kier molecular flexibility index (Phi) is 3.48. The molecular formula is C14H21BFNO2. The van der Waals surface area contributed by atoms with Crippen LogP contribution in [0.25, 0.3) is 0 Å². The van der Waals surface area contributed by atoms with E-state index >= 15 is 0 Å². The molecule has 19 heavy (non-hydrogen) atoms. The summed E-state index contributed by atoms with van der Waals surface area (Å²) < 4.78 is 25.5. The molecular weight excluding hydrogens is 244 g/mol. The molecule has 2 heterocycles. The number of aromatic nitrogens is 1. The fourth-order valence-electron chi connectivity index (χ4n) is 2.00. The highest BCUT2D eigenvalue weighted by Crippen LogP contribution is 2.36. The lowest BCUT2D eigenvalue weighted by Gasteiger charge is -2.32. The summed E-state index contributed by atoms with van der Waals surface area (Å²) in [6, 6.07) is 1.79. The van der Waals surface area contributed by atoms with Crippen LogP contribution >= 0.6 is 0 Å². The third kappa shape index (κ3) is 2.54. The first kappa shape index (κ1) is 14.5. The van der Waals surface area contributed by atoms with Crippen LogP contribution in [-0.2, 0) is 9.31 Å². The van der Waals surface area contributed by atoms with Gasteiger partial charge in [0, 0.05) is 17.2 Å². The number of hydrogen-bond donors (Lipinski definition) is 0. The van der Waals surface area contributed by atoms with Crippen molar-refractivity contribution in [3.8, 4) is 0 Å². The first-order valence-electron chi connectivity index (χ1n) is 6.65. The van der Waals surface area contributed by atoms with Gasteiger partial charge >= 0.3 is 7.12 Å². The number of nitrogens with zero attached hydrogens (tertiary/aromatic N) is 1.